The maximum Gasteiger partial charge on any atom is 0.232 e. The second-order valence-electron chi connectivity index (χ2n) is 5.47. The molecular weight excluding hydrogens is 335 g/mol. The number of rotatable bonds is 3. The molecule has 1 N–H and O–H groups in total. The van der Waals surface area contributed by atoms with E-state index in [0.717, 1.165) is 15.5 Å². The summed E-state index contributed by atoms with van der Waals surface area (Å²) in [6.07, 6.45) is 0. The van der Waals surface area contributed by atoms with E-state index in [0.29, 0.717) is 23.7 Å². The van der Waals surface area contributed by atoms with Gasteiger partial charge in [0.2, 0.25) is 5.91 Å². The van der Waals surface area contributed by atoms with Gasteiger partial charge >= 0.3 is 0 Å². The number of aryl methyl sites for hydroxylation is 1. The predicted octanol–water partition coefficient (Wildman–Crippen LogP) is 3.28. The van der Waals surface area contributed by atoms with E-state index in [2.05, 4.69) is 15.3 Å². The maximum atomic E-state index is 13.7. The normalized spacial score (nSPS) is 15.0. The quantitative estimate of drug-likeness (QED) is 0.789. The Balaban J connectivity index is 1.42. The van der Waals surface area contributed by atoms with Crippen LogP contribution in [-0.2, 0) is 4.79 Å². The molecule has 0 radical (unpaired) electrons. The van der Waals surface area contributed by atoms with Crippen LogP contribution in [0.4, 0.5) is 14.7 Å². The maximum absolute atomic E-state index is 13.7. The minimum atomic E-state index is -0.307. The zero-order chi connectivity index (χ0) is 16.0. The Morgan fingerprint density at radius 2 is 2.22 bits per heavy atom. The Morgan fingerprint density at radius 1 is 1.39 bits per heavy atom. The van der Waals surface area contributed by atoms with Crippen LogP contribution in [-0.4, -0.2) is 29.0 Å². The fourth-order valence-electron chi connectivity index (χ4n) is 2.46. The van der Waals surface area contributed by atoms with E-state index >= 15 is 0 Å². The molecule has 1 amide bonds. The lowest BCUT2D eigenvalue weighted by Crippen LogP contribution is -2.52. The molecule has 8 heteroatoms. The fraction of sp³-hybridized carbons (Fsp3) is 0.267. The Hall–Kier alpha value is -2.06. The van der Waals surface area contributed by atoms with Crippen molar-refractivity contribution in [2.75, 3.05) is 23.3 Å². The molecule has 23 heavy (non-hydrogen) atoms. The van der Waals surface area contributed by atoms with Gasteiger partial charge < -0.3 is 10.2 Å². The third kappa shape index (κ3) is 2.68. The summed E-state index contributed by atoms with van der Waals surface area (Å²) >= 11 is 2.87. The number of anilines is 2. The highest BCUT2D eigenvalue weighted by Crippen LogP contribution is 2.34. The molecule has 3 heterocycles. The second-order valence-corrected chi connectivity index (χ2v) is 7.34. The van der Waals surface area contributed by atoms with Crippen LogP contribution in [0.2, 0.25) is 0 Å². The van der Waals surface area contributed by atoms with Crippen molar-refractivity contribution in [3.8, 4) is 0 Å². The molecule has 3 aromatic rings. The standard InChI is InChI=1S/C15H13FN4OS2/c1-8-7-22-14(17-8)19-13(21)9-5-20(6-9)15-18-12-10(16)3-2-4-11(12)23-15/h2-4,7,9H,5-6H2,1H3,(H,17,19,21). The number of benzene rings is 1. The minimum Gasteiger partial charge on any atom is -0.346 e. The zero-order valence-electron chi connectivity index (χ0n) is 12.2. The Labute approximate surface area is 139 Å². The van der Waals surface area contributed by atoms with Gasteiger partial charge in [-0.05, 0) is 19.1 Å². The lowest BCUT2D eigenvalue weighted by Gasteiger charge is -2.37. The van der Waals surface area contributed by atoms with Crippen molar-refractivity contribution in [1.29, 1.82) is 0 Å². The van der Waals surface area contributed by atoms with Crippen molar-refractivity contribution in [2.24, 2.45) is 5.92 Å². The third-order valence-electron chi connectivity index (χ3n) is 3.73. The van der Waals surface area contributed by atoms with Gasteiger partial charge in [-0.25, -0.2) is 14.4 Å². The lowest BCUT2D eigenvalue weighted by atomic mass is 10.0. The number of hydrogen-bond donors (Lipinski definition) is 1. The number of para-hydroxylation sites is 1. The topological polar surface area (TPSA) is 58.1 Å². The molecule has 1 fully saturated rings. The molecule has 0 unspecified atom stereocenters. The van der Waals surface area contributed by atoms with Crippen LogP contribution < -0.4 is 10.2 Å². The number of carbonyl (C=O) groups excluding carboxylic acids is 1. The summed E-state index contributed by atoms with van der Waals surface area (Å²) in [5, 5.41) is 6.13. The van der Waals surface area contributed by atoms with Gasteiger partial charge in [-0.15, -0.1) is 11.3 Å². The largest absolute Gasteiger partial charge is 0.346 e. The van der Waals surface area contributed by atoms with Crippen molar-refractivity contribution in [3.63, 3.8) is 0 Å². The molecule has 0 saturated carbocycles. The molecule has 1 aliphatic rings. The number of nitrogens with one attached hydrogen (secondary N) is 1. The van der Waals surface area contributed by atoms with Crippen LogP contribution in [0, 0.1) is 18.7 Å². The first kappa shape index (κ1) is 14.5. The highest BCUT2D eigenvalue weighted by molar-refractivity contribution is 7.22. The summed E-state index contributed by atoms with van der Waals surface area (Å²) in [6.45, 7) is 3.08. The minimum absolute atomic E-state index is 0.0251. The van der Waals surface area contributed by atoms with E-state index in [1.807, 2.05) is 23.3 Å². The predicted molar refractivity (Wildman–Crippen MR) is 90.8 cm³/mol. The molecule has 0 atom stereocenters. The molecule has 118 valence electrons. The van der Waals surface area contributed by atoms with Gasteiger partial charge in [-0.2, -0.15) is 0 Å². The van der Waals surface area contributed by atoms with Gasteiger partial charge in [0, 0.05) is 18.5 Å². The number of halogens is 1. The van der Waals surface area contributed by atoms with Crippen LogP contribution >= 0.6 is 22.7 Å². The van der Waals surface area contributed by atoms with Crippen molar-refractivity contribution in [2.45, 2.75) is 6.92 Å². The molecule has 0 aliphatic carbocycles. The molecular formula is C15H13FN4OS2. The Kier molecular flexibility index (Phi) is 3.50. The first-order chi connectivity index (χ1) is 11.1. The molecule has 1 saturated heterocycles. The average molecular weight is 348 g/mol. The lowest BCUT2D eigenvalue weighted by molar-refractivity contribution is -0.120. The molecule has 5 nitrogen and oxygen atoms in total. The van der Waals surface area contributed by atoms with Crippen LogP contribution in [0.1, 0.15) is 5.69 Å². The molecule has 0 spiro atoms. The third-order valence-corrected chi connectivity index (χ3v) is 5.69. The smallest absolute Gasteiger partial charge is 0.232 e. The molecule has 1 aromatic carbocycles. The molecule has 2 aromatic heterocycles. The number of thiazole rings is 2. The Morgan fingerprint density at radius 3 is 2.91 bits per heavy atom. The van der Waals surface area contributed by atoms with Gasteiger partial charge in [0.05, 0.1) is 16.3 Å². The van der Waals surface area contributed by atoms with Crippen LogP contribution in [0.25, 0.3) is 10.2 Å². The fourth-order valence-corrected chi connectivity index (χ4v) is 4.15. The van der Waals surface area contributed by atoms with Crippen LogP contribution in [0.5, 0.6) is 0 Å². The zero-order valence-corrected chi connectivity index (χ0v) is 13.9. The number of amides is 1. The average Bonchev–Trinajstić information content (AvgIpc) is 3.04. The number of nitrogens with zero attached hydrogens (tertiary/aromatic N) is 3. The van der Waals surface area contributed by atoms with Crippen molar-refractivity contribution in [1.82, 2.24) is 9.97 Å². The molecule has 4 rings (SSSR count). The van der Waals surface area contributed by atoms with Crippen LogP contribution in [0.3, 0.4) is 0 Å². The van der Waals surface area contributed by atoms with Crippen LogP contribution in [0.15, 0.2) is 23.6 Å². The number of hydrogen-bond acceptors (Lipinski definition) is 6. The monoisotopic (exact) mass is 348 g/mol. The van der Waals surface area contributed by atoms with E-state index in [1.165, 1.54) is 28.7 Å². The van der Waals surface area contributed by atoms with Crippen molar-refractivity contribution >= 4 is 49.1 Å². The van der Waals surface area contributed by atoms with Gasteiger partial charge in [0.15, 0.2) is 10.3 Å². The van der Waals surface area contributed by atoms with E-state index in [9.17, 15) is 9.18 Å². The molecule has 1 aliphatic heterocycles. The first-order valence-electron chi connectivity index (χ1n) is 7.13. The summed E-state index contributed by atoms with van der Waals surface area (Å²) < 4.78 is 14.5. The summed E-state index contributed by atoms with van der Waals surface area (Å²) in [5.41, 5.74) is 1.30. The van der Waals surface area contributed by atoms with Gasteiger partial charge in [0.25, 0.3) is 0 Å². The van der Waals surface area contributed by atoms with Gasteiger partial charge in [-0.3, -0.25) is 4.79 Å². The highest BCUT2D eigenvalue weighted by Gasteiger charge is 2.34. The van der Waals surface area contributed by atoms with E-state index in [-0.39, 0.29) is 17.6 Å². The summed E-state index contributed by atoms with van der Waals surface area (Å²) in [6, 6.07) is 4.95. The van der Waals surface area contributed by atoms with E-state index in [1.54, 1.807) is 6.07 Å². The van der Waals surface area contributed by atoms with E-state index < -0.39 is 0 Å². The molecule has 0 bridgehead atoms. The summed E-state index contributed by atoms with van der Waals surface area (Å²) in [5.74, 6) is -0.419. The van der Waals surface area contributed by atoms with E-state index in [4.69, 9.17) is 0 Å². The SMILES string of the molecule is Cc1csc(NC(=O)C2CN(c3nc4c(F)cccc4s3)C2)n1. The van der Waals surface area contributed by atoms with Crippen molar-refractivity contribution < 1.29 is 9.18 Å². The Bertz CT molecular complexity index is 885. The van der Waals surface area contributed by atoms with Gasteiger partial charge in [0.1, 0.15) is 11.3 Å². The number of carbonyl (C=O) groups is 1. The number of aromatic nitrogens is 2. The summed E-state index contributed by atoms with van der Waals surface area (Å²) in [4.78, 5) is 22.7. The highest BCUT2D eigenvalue weighted by atomic mass is 32.1. The van der Waals surface area contributed by atoms with Crippen molar-refractivity contribution in [3.05, 3.63) is 35.1 Å². The first-order valence-corrected chi connectivity index (χ1v) is 8.83. The number of fused-ring (bicyclic) bond motifs is 1. The summed E-state index contributed by atoms with van der Waals surface area (Å²) in [7, 11) is 0. The second kappa shape index (κ2) is 5.54. The van der Waals surface area contributed by atoms with Gasteiger partial charge in [-0.1, -0.05) is 17.4 Å².